The highest BCUT2D eigenvalue weighted by Crippen LogP contribution is 2.36. The lowest BCUT2D eigenvalue weighted by atomic mass is 9.77. The average Bonchev–Trinajstić information content (AvgIpc) is 2.64. The highest BCUT2D eigenvalue weighted by atomic mass is 16.7. The first-order valence-corrected chi connectivity index (χ1v) is 7.55. The Labute approximate surface area is 127 Å². The molecule has 2 heterocycles. The Hall–Kier alpha value is -1.38. The van der Waals surface area contributed by atoms with Crippen LogP contribution in [0.1, 0.15) is 58.7 Å². The summed E-state index contributed by atoms with van der Waals surface area (Å²) in [6, 6.07) is 4.10. The normalized spacial score (nSPS) is 19.5. The van der Waals surface area contributed by atoms with Crippen LogP contribution in [0.5, 0.6) is 0 Å². The molecule has 0 radical (unpaired) electrons. The van der Waals surface area contributed by atoms with E-state index in [-0.39, 0.29) is 0 Å². The molecule has 1 aliphatic heterocycles. The van der Waals surface area contributed by atoms with Crippen molar-refractivity contribution in [3.05, 3.63) is 23.5 Å². The molecular weight excluding hydrogens is 263 g/mol. The van der Waals surface area contributed by atoms with Crippen LogP contribution in [0.3, 0.4) is 0 Å². The predicted molar refractivity (Wildman–Crippen MR) is 83.3 cm³/mol. The van der Waals surface area contributed by atoms with Crippen molar-refractivity contribution in [2.24, 2.45) is 0 Å². The number of unbranched alkanes of at least 4 members (excludes halogenated alkanes) is 1. The van der Waals surface area contributed by atoms with Gasteiger partial charge in [0.05, 0.1) is 22.8 Å². The molecule has 0 amide bonds. The monoisotopic (exact) mass is 286 g/mol. The van der Waals surface area contributed by atoms with Crippen molar-refractivity contribution in [3.8, 4) is 6.07 Å². The molecule has 0 saturated carbocycles. The zero-order chi connectivity index (χ0) is 15.7. The molecule has 0 aromatic carbocycles. The van der Waals surface area contributed by atoms with Crippen LogP contribution in [0.4, 0.5) is 0 Å². The Morgan fingerprint density at radius 1 is 1.24 bits per heavy atom. The summed E-state index contributed by atoms with van der Waals surface area (Å²) in [4.78, 5) is 4.45. The van der Waals surface area contributed by atoms with Crippen LogP contribution in [0, 0.1) is 11.3 Å². The third-order valence-corrected chi connectivity index (χ3v) is 4.41. The first-order chi connectivity index (χ1) is 9.80. The second-order valence-electron chi connectivity index (χ2n) is 6.57. The number of aryl methyl sites for hydroxylation is 1. The number of aromatic nitrogens is 1. The van der Waals surface area contributed by atoms with Crippen LogP contribution in [-0.2, 0) is 15.7 Å². The van der Waals surface area contributed by atoms with Gasteiger partial charge in [0.25, 0.3) is 0 Å². The fraction of sp³-hybridized carbons (Fsp3) is 0.625. The van der Waals surface area contributed by atoms with Gasteiger partial charge in [0, 0.05) is 17.4 Å². The third kappa shape index (κ3) is 3.12. The van der Waals surface area contributed by atoms with E-state index in [1.54, 1.807) is 6.20 Å². The van der Waals surface area contributed by atoms with Gasteiger partial charge in [-0.2, -0.15) is 5.26 Å². The van der Waals surface area contributed by atoms with Crippen LogP contribution >= 0.6 is 0 Å². The molecule has 0 atom stereocenters. The molecule has 1 aromatic heterocycles. The predicted octanol–water partition coefficient (Wildman–Crippen LogP) is 2.60. The van der Waals surface area contributed by atoms with Gasteiger partial charge in [0.2, 0.25) is 0 Å². The molecule has 0 bridgehead atoms. The zero-order valence-electron chi connectivity index (χ0n) is 13.6. The molecule has 0 aliphatic carbocycles. The minimum atomic E-state index is -0.530. The van der Waals surface area contributed by atoms with Crippen LogP contribution in [0.25, 0.3) is 0 Å². The summed E-state index contributed by atoms with van der Waals surface area (Å²) >= 11 is 0. The third-order valence-electron chi connectivity index (χ3n) is 4.41. The molecule has 1 saturated heterocycles. The number of nitriles is 1. The van der Waals surface area contributed by atoms with E-state index in [1.165, 1.54) is 0 Å². The van der Waals surface area contributed by atoms with Crippen molar-refractivity contribution in [2.75, 3.05) is 0 Å². The molecule has 1 fully saturated rings. The zero-order valence-corrected chi connectivity index (χ0v) is 13.6. The van der Waals surface area contributed by atoms with Gasteiger partial charge >= 0.3 is 7.12 Å². The smallest absolute Gasteiger partial charge is 0.399 e. The summed E-state index contributed by atoms with van der Waals surface area (Å²) in [6.45, 7) is 10.2. The lowest BCUT2D eigenvalue weighted by Crippen LogP contribution is -2.41. The van der Waals surface area contributed by atoms with Crippen molar-refractivity contribution >= 4 is 12.6 Å². The molecule has 1 aromatic rings. The molecule has 0 spiro atoms. The minimum Gasteiger partial charge on any atom is -0.399 e. The summed E-state index contributed by atoms with van der Waals surface area (Å²) in [7, 11) is -0.530. The molecule has 1 aliphatic rings. The van der Waals surface area contributed by atoms with Gasteiger partial charge < -0.3 is 9.31 Å². The highest BCUT2D eigenvalue weighted by molar-refractivity contribution is 6.62. The van der Waals surface area contributed by atoms with Gasteiger partial charge in [0.1, 0.15) is 0 Å². The second-order valence-corrected chi connectivity index (χ2v) is 6.57. The number of hydrogen-bond donors (Lipinski definition) is 0. The van der Waals surface area contributed by atoms with Crippen LogP contribution in [0.15, 0.2) is 12.3 Å². The number of nitrogens with zero attached hydrogens (tertiary/aromatic N) is 2. The van der Waals surface area contributed by atoms with Gasteiger partial charge in [-0.05, 0) is 46.6 Å². The van der Waals surface area contributed by atoms with E-state index < -0.39 is 18.3 Å². The molecule has 5 heteroatoms. The summed E-state index contributed by atoms with van der Waals surface area (Å²) in [5.41, 5.74) is 1.44. The standard InChI is InChI=1S/C16H23BN2O2/c1-6-7-8-13-9-12(10-18)14(11-19-13)17-20-15(2,3)16(4,5)21-17/h9,11H,6-8H2,1-5H3. The van der Waals surface area contributed by atoms with Gasteiger partial charge in [0.15, 0.2) is 0 Å². The van der Waals surface area contributed by atoms with Crippen molar-refractivity contribution in [3.63, 3.8) is 0 Å². The Morgan fingerprint density at radius 2 is 1.86 bits per heavy atom. The summed E-state index contributed by atoms with van der Waals surface area (Å²) in [5.74, 6) is 0. The maximum Gasteiger partial charge on any atom is 0.497 e. The second kappa shape index (κ2) is 5.78. The Morgan fingerprint density at radius 3 is 2.38 bits per heavy atom. The molecular formula is C16H23BN2O2. The quantitative estimate of drug-likeness (QED) is 0.798. The maximum absolute atomic E-state index is 9.40. The maximum atomic E-state index is 9.40. The topological polar surface area (TPSA) is 55.1 Å². The van der Waals surface area contributed by atoms with E-state index in [2.05, 4.69) is 18.0 Å². The lowest BCUT2D eigenvalue weighted by molar-refractivity contribution is 0.00578. The average molecular weight is 286 g/mol. The SMILES string of the molecule is CCCCc1cc(C#N)c(B2OC(C)(C)C(C)(C)O2)cn1. The Kier molecular flexibility index (Phi) is 4.41. The van der Waals surface area contributed by atoms with E-state index in [0.717, 1.165) is 30.4 Å². The Balaban J connectivity index is 2.27. The number of hydrogen-bond acceptors (Lipinski definition) is 4. The first-order valence-electron chi connectivity index (χ1n) is 7.55. The van der Waals surface area contributed by atoms with E-state index in [1.807, 2.05) is 33.8 Å². The summed E-state index contributed by atoms with van der Waals surface area (Å²) in [6.07, 6.45) is 4.82. The van der Waals surface area contributed by atoms with Crippen LogP contribution < -0.4 is 5.46 Å². The molecule has 112 valence electrons. The summed E-state index contributed by atoms with van der Waals surface area (Å²) in [5, 5.41) is 9.40. The molecule has 21 heavy (non-hydrogen) atoms. The van der Waals surface area contributed by atoms with E-state index in [9.17, 15) is 5.26 Å². The van der Waals surface area contributed by atoms with E-state index >= 15 is 0 Å². The van der Waals surface area contributed by atoms with E-state index in [4.69, 9.17) is 9.31 Å². The van der Waals surface area contributed by atoms with Crippen molar-refractivity contribution < 1.29 is 9.31 Å². The fourth-order valence-corrected chi connectivity index (χ4v) is 2.26. The van der Waals surface area contributed by atoms with Gasteiger partial charge in [-0.25, -0.2) is 0 Å². The largest absolute Gasteiger partial charge is 0.497 e. The Bertz CT molecular complexity index is 548. The fourth-order valence-electron chi connectivity index (χ4n) is 2.26. The van der Waals surface area contributed by atoms with Crippen molar-refractivity contribution in [1.29, 1.82) is 5.26 Å². The van der Waals surface area contributed by atoms with Gasteiger partial charge in [-0.1, -0.05) is 13.3 Å². The number of rotatable bonds is 4. The van der Waals surface area contributed by atoms with Crippen LogP contribution in [0.2, 0.25) is 0 Å². The van der Waals surface area contributed by atoms with Crippen molar-refractivity contribution in [2.45, 2.75) is 65.1 Å². The molecule has 0 unspecified atom stereocenters. The molecule has 2 rings (SSSR count). The number of pyridine rings is 1. The highest BCUT2D eigenvalue weighted by Gasteiger charge is 2.52. The molecule has 0 N–H and O–H groups in total. The van der Waals surface area contributed by atoms with Crippen LogP contribution in [-0.4, -0.2) is 23.3 Å². The van der Waals surface area contributed by atoms with Gasteiger partial charge in [-0.15, -0.1) is 0 Å². The first kappa shape index (κ1) is 16.0. The van der Waals surface area contributed by atoms with Crippen molar-refractivity contribution in [1.82, 2.24) is 4.98 Å². The van der Waals surface area contributed by atoms with E-state index in [0.29, 0.717) is 5.56 Å². The molecule has 4 nitrogen and oxygen atoms in total. The summed E-state index contributed by atoms with van der Waals surface area (Å²) < 4.78 is 12.0. The lowest BCUT2D eigenvalue weighted by Gasteiger charge is -2.32. The van der Waals surface area contributed by atoms with Gasteiger partial charge in [-0.3, -0.25) is 4.98 Å². The minimum absolute atomic E-state index is 0.411.